The molecule has 20 heavy (non-hydrogen) atoms. The topological polar surface area (TPSA) is 54.0 Å². The summed E-state index contributed by atoms with van der Waals surface area (Å²) in [5.74, 6) is -0.0561. The lowest BCUT2D eigenvalue weighted by molar-refractivity contribution is 0.0951. The molecule has 1 fully saturated rings. The van der Waals surface area contributed by atoms with Crippen LogP contribution in [0.15, 0.2) is 47.2 Å². The molecule has 2 N–H and O–H groups in total. The first-order valence-corrected chi connectivity index (χ1v) is 7.28. The van der Waals surface area contributed by atoms with Gasteiger partial charge in [0.25, 0.3) is 5.91 Å². The Kier molecular flexibility index (Phi) is 3.69. The highest BCUT2D eigenvalue weighted by atomic mass is 79.9. The maximum absolute atomic E-state index is 12.0. The Labute approximate surface area is 125 Å². The van der Waals surface area contributed by atoms with Crippen LogP contribution < -0.4 is 10.6 Å². The van der Waals surface area contributed by atoms with Crippen molar-refractivity contribution < 1.29 is 4.79 Å². The lowest BCUT2D eigenvalue weighted by Crippen LogP contribution is -2.25. The second kappa shape index (κ2) is 5.63. The van der Waals surface area contributed by atoms with Crippen LogP contribution in [-0.2, 0) is 0 Å². The summed E-state index contributed by atoms with van der Waals surface area (Å²) in [6.45, 7) is 0. The third-order valence-electron chi connectivity index (χ3n) is 3.05. The van der Waals surface area contributed by atoms with Crippen LogP contribution in [0.5, 0.6) is 0 Å². The highest BCUT2D eigenvalue weighted by Gasteiger charge is 2.23. The van der Waals surface area contributed by atoms with Crippen LogP contribution in [0.4, 0.5) is 11.4 Å². The van der Waals surface area contributed by atoms with Gasteiger partial charge in [0.2, 0.25) is 0 Å². The van der Waals surface area contributed by atoms with E-state index in [0.717, 1.165) is 28.7 Å². The molecule has 0 aliphatic heterocycles. The number of hydrogen-bond donors (Lipinski definition) is 2. The van der Waals surface area contributed by atoms with Crippen LogP contribution in [0.3, 0.4) is 0 Å². The summed E-state index contributed by atoms with van der Waals surface area (Å²) in [6, 6.07) is 10.00. The fourth-order valence-electron chi connectivity index (χ4n) is 1.83. The van der Waals surface area contributed by atoms with Gasteiger partial charge >= 0.3 is 0 Å². The number of carbonyl (C=O) groups excluding carboxylic acids is 1. The average molecular weight is 332 g/mol. The van der Waals surface area contributed by atoms with Gasteiger partial charge in [-0.25, -0.2) is 0 Å². The first kappa shape index (κ1) is 13.1. The fourth-order valence-corrected chi connectivity index (χ4v) is 2.09. The molecule has 1 heterocycles. The van der Waals surface area contributed by atoms with Gasteiger partial charge in [0.05, 0.1) is 17.4 Å². The molecule has 0 spiro atoms. The second-order valence-corrected chi connectivity index (χ2v) is 5.76. The van der Waals surface area contributed by atoms with Gasteiger partial charge in [-0.1, -0.05) is 15.9 Å². The van der Waals surface area contributed by atoms with E-state index in [-0.39, 0.29) is 5.91 Å². The number of aromatic nitrogens is 1. The van der Waals surface area contributed by atoms with Gasteiger partial charge in [0.15, 0.2) is 0 Å². The highest BCUT2D eigenvalue weighted by Crippen LogP contribution is 2.21. The zero-order valence-electron chi connectivity index (χ0n) is 10.8. The molecule has 1 saturated carbocycles. The number of pyridine rings is 1. The number of halogens is 1. The van der Waals surface area contributed by atoms with E-state index in [0.29, 0.717) is 11.6 Å². The van der Waals surface area contributed by atoms with E-state index in [1.807, 2.05) is 30.3 Å². The van der Waals surface area contributed by atoms with E-state index >= 15 is 0 Å². The summed E-state index contributed by atoms with van der Waals surface area (Å²) >= 11 is 3.40. The summed E-state index contributed by atoms with van der Waals surface area (Å²) in [5, 5.41) is 6.19. The first-order valence-electron chi connectivity index (χ1n) is 6.49. The quantitative estimate of drug-likeness (QED) is 0.901. The van der Waals surface area contributed by atoms with Crippen LogP contribution in [-0.4, -0.2) is 16.9 Å². The lowest BCUT2D eigenvalue weighted by Gasteiger charge is -2.08. The molecular formula is C15H14BrN3O. The molecule has 5 heteroatoms. The number of anilines is 2. The minimum Gasteiger partial charge on any atom is -0.354 e. The van der Waals surface area contributed by atoms with Crippen molar-refractivity contribution in [3.05, 3.63) is 52.8 Å². The van der Waals surface area contributed by atoms with Crippen molar-refractivity contribution in [1.82, 2.24) is 10.3 Å². The van der Waals surface area contributed by atoms with E-state index < -0.39 is 0 Å². The molecule has 1 amide bonds. The highest BCUT2D eigenvalue weighted by molar-refractivity contribution is 9.10. The van der Waals surface area contributed by atoms with Gasteiger partial charge in [-0.15, -0.1) is 0 Å². The van der Waals surface area contributed by atoms with Crippen molar-refractivity contribution in [2.24, 2.45) is 0 Å². The maximum atomic E-state index is 12.0. The van der Waals surface area contributed by atoms with Crippen LogP contribution in [0, 0.1) is 0 Å². The molecule has 1 aliphatic rings. The van der Waals surface area contributed by atoms with Crippen molar-refractivity contribution in [1.29, 1.82) is 0 Å². The molecule has 0 bridgehead atoms. The van der Waals surface area contributed by atoms with Gasteiger partial charge in [-0.2, -0.15) is 0 Å². The van der Waals surface area contributed by atoms with E-state index in [1.165, 1.54) is 0 Å². The predicted octanol–water partition coefficient (Wildman–Crippen LogP) is 3.48. The Morgan fingerprint density at radius 1 is 1.15 bits per heavy atom. The Balaban J connectivity index is 1.73. The number of hydrogen-bond acceptors (Lipinski definition) is 3. The van der Waals surface area contributed by atoms with Crippen LogP contribution in [0.1, 0.15) is 23.2 Å². The molecule has 0 unspecified atom stereocenters. The number of nitrogens with zero attached hydrogens (tertiary/aromatic N) is 1. The molecule has 0 radical (unpaired) electrons. The largest absolute Gasteiger partial charge is 0.354 e. The number of nitrogens with one attached hydrogen (secondary N) is 2. The minimum absolute atomic E-state index is 0.0561. The van der Waals surface area contributed by atoms with Gasteiger partial charge in [0.1, 0.15) is 0 Å². The molecule has 1 aliphatic carbocycles. The van der Waals surface area contributed by atoms with Crippen LogP contribution >= 0.6 is 15.9 Å². The number of carbonyl (C=O) groups is 1. The predicted molar refractivity (Wildman–Crippen MR) is 82.1 cm³/mol. The third kappa shape index (κ3) is 3.36. The summed E-state index contributed by atoms with van der Waals surface area (Å²) in [4.78, 5) is 16.1. The molecule has 1 aromatic carbocycles. The average Bonchev–Trinajstić information content (AvgIpc) is 3.26. The molecule has 0 atom stereocenters. The Morgan fingerprint density at radius 2 is 1.90 bits per heavy atom. The Bertz CT molecular complexity index is 623. The monoisotopic (exact) mass is 331 g/mol. The van der Waals surface area contributed by atoms with E-state index in [9.17, 15) is 4.79 Å². The fraction of sp³-hybridized carbons (Fsp3) is 0.200. The molecule has 0 saturated heterocycles. The van der Waals surface area contributed by atoms with Crippen LogP contribution in [0.2, 0.25) is 0 Å². The van der Waals surface area contributed by atoms with Gasteiger partial charge < -0.3 is 10.6 Å². The molecule has 102 valence electrons. The molecule has 3 rings (SSSR count). The van der Waals surface area contributed by atoms with Gasteiger partial charge in [-0.3, -0.25) is 9.78 Å². The summed E-state index contributed by atoms with van der Waals surface area (Å²) < 4.78 is 1.03. The molecular weight excluding hydrogens is 318 g/mol. The zero-order chi connectivity index (χ0) is 13.9. The van der Waals surface area contributed by atoms with Crippen molar-refractivity contribution in [3.8, 4) is 0 Å². The zero-order valence-corrected chi connectivity index (χ0v) is 12.4. The van der Waals surface area contributed by atoms with Crippen molar-refractivity contribution >= 4 is 33.2 Å². The van der Waals surface area contributed by atoms with Crippen molar-refractivity contribution in [2.75, 3.05) is 5.32 Å². The SMILES string of the molecule is O=C(NC1CC1)c1cncc(Nc2ccc(Br)cc2)c1. The number of amides is 1. The van der Waals surface area contributed by atoms with Crippen molar-refractivity contribution in [3.63, 3.8) is 0 Å². The van der Waals surface area contributed by atoms with E-state index in [4.69, 9.17) is 0 Å². The van der Waals surface area contributed by atoms with Crippen molar-refractivity contribution in [2.45, 2.75) is 18.9 Å². The molecule has 4 nitrogen and oxygen atoms in total. The standard InChI is InChI=1S/C15H14BrN3O/c16-11-1-3-12(4-2-11)18-14-7-10(8-17-9-14)15(20)19-13-5-6-13/h1-4,7-9,13,18H,5-6H2,(H,19,20). The Hall–Kier alpha value is -1.88. The van der Waals surface area contributed by atoms with Gasteiger partial charge in [0, 0.05) is 22.4 Å². The van der Waals surface area contributed by atoms with Crippen LogP contribution in [0.25, 0.3) is 0 Å². The minimum atomic E-state index is -0.0561. The van der Waals surface area contributed by atoms with Gasteiger partial charge in [-0.05, 0) is 43.2 Å². The first-order chi connectivity index (χ1) is 9.70. The Morgan fingerprint density at radius 3 is 2.60 bits per heavy atom. The lowest BCUT2D eigenvalue weighted by atomic mass is 10.2. The summed E-state index contributed by atoms with van der Waals surface area (Å²) in [5.41, 5.74) is 2.34. The number of benzene rings is 1. The number of rotatable bonds is 4. The smallest absolute Gasteiger partial charge is 0.253 e. The summed E-state index contributed by atoms with van der Waals surface area (Å²) in [7, 11) is 0. The second-order valence-electron chi connectivity index (χ2n) is 4.84. The third-order valence-corrected chi connectivity index (χ3v) is 3.57. The molecule has 2 aromatic rings. The summed E-state index contributed by atoms with van der Waals surface area (Å²) in [6.07, 6.45) is 5.45. The normalized spacial score (nSPS) is 13.8. The van der Waals surface area contributed by atoms with E-state index in [1.54, 1.807) is 12.4 Å². The maximum Gasteiger partial charge on any atom is 0.253 e. The molecule has 1 aromatic heterocycles. The van der Waals surface area contributed by atoms with E-state index in [2.05, 4.69) is 31.5 Å².